The Bertz CT molecular complexity index is 2130. The smallest absolute Gasteiger partial charge is 0.259 e. The number of nitrogens with zero attached hydrogens (tertiary/aromatic N) is 10. The minimum atomic E-state index is -1.26. The summed E-state index contributed by atoms with van der Waals surface area (Å²) in [5, 5.41) is 41.4. The van der Waals surface area contributed by atoms with Crippen LogP contribution in [0.5, 0.6) is 0 Å². The molecule has 5 heterocycles. The molecule has 346 valence electrons. The summed E-state index contributed by atoms with van der Waals surface area (Å²) in [7, 11) is 0. The number of amides is 2. The van der Waals surface area contributed by atoms with Gasteiger partial charge in [0.25, 0.3) is 11.8 Å². The quantitative estimate of drug-likeness (QED) is 0.0729. The fourth-order valence-corrected chi connectivity index (χ4v) is 9.53. The van der Waals surface area contributed by atoms with Gasteiger partial charge in [0, 0.05) is 58.8 Å². The van der Waals surface area contributed by atoms with Crippen LogP contribution in [0.4, 0.5) is 34.9 Å². The predicted molar refractivity (Wildman–Crippen MR) is 254 cm³/mol. The molecule has 3 aliphatic heterocycles. The molecule has 3 aromatic carbocycles. The Balaban J connectivity index is 0.000000198. The van der Waals surface area contributed by atoms with E-state index in [0.29, 0.717) is 65.4 Å². The van der Waals surface area contributed by atoms with Crippen molar-refractivity contribution in [3.63, 3.8) is 0 Å². The van der Waals surface area contributed by atoms with Gasteiger partial charge in [0.1, 0.15) is 22.7 Å². The molecular weight excluding hydrogens is 849 g/mol. The van der Waals surface area contributed by atoms with Gasteiger partial charge in [-0.1, -0.05) is 54.6 Å². The van der Waals surface area contributed by atoms with Crippen LogP contribution in [0.25, 0.3) is 11.0 Å². The first-order valence-electron chi connectivity index (χ1n) is 22.6. The Morgan fingerprint density at radius 3 is 1.28 bits per heavy atom. The molecule has 0 aliphatic carbocycles. The Labute approximate surface area is 383 Å². The molecule has 2 amide bonds. The molecule has 17 nitrogen and oxygen atoms in total. The van der Waals surface area contributed by atoms with Crippen LogP contribution >= 0.6 is 0 Å². The van der Waals surface area contributed by atoms with Crippen molar-refractivity contribution in [1.29, 1.82) is 0 Å². The van der Waals surface area contributed by atoms with Gasteiger partial charge in [-0.05, 0) is 86.1 Å². The normalized spacial score (nSPS) is 16.2. The first-order valence-corrected chi connectivity index (χ1v) is 23.9. The zero-order valence-electron chi connectivity index (χ0n) is 36.8. The fraction of sp³-hybridized carbons (Fsp3) is 0.447. The molecule has 0 bridgehead atoms. The molecule has 8 rings (SSSR count). The molecule has 0 saturated carbocycles. The summed E-state index contributed by atoms with van der Waals surface area (Å²) >= 11 is -1.26. The number of fused-ring (bicyclic) bond motifs is 1. The Hall–Kier alpha value is -5.63. The first-order chi connectivity index (χ1) is 31.9. The number of hydrazine groups is 1. The molecule has 65 heavy (non-hydrogen) atoms. The third-order valence-corrected chi connectivity index (χ3v) is 13.1. The average Bonchev–Trinajstić information content (AvgIpc) is 3.61. The van der Waals surface area contributed by atoms with Crippen LogP contribution in [0.15, 0.2) is 95.9 Å². The number of carbonyl (C=O) groups excluding carboxylic acids is 2. The first kappa shape index (κ1) is 47.3. The number of rotatable bonds is 18. The highest BCUT2D eigenvalue weighted by Crippen LogP contribution is 2.36. The molecule has 3 fully saturated rings. The van der Waals surface area contributed by atoms with Crippen LogP contribution in [0.1, 0.15) is 44.9 Å². The third kappa shape index (κ3) is 11.4. The van der Waals surface area contributed by atoms with Crippen molar-refractivity contribution in [2.75, 3.05) is 114 Å². The highest BCUT2D eigenvalue weighted by molar-refractivity contribution is 7.91. The second-order valence-electron chi connectivity index (χ2n) is 16.0. The summed E-state index contributed by atoms with van der Waals surface area (Å²) in [6.45, 7) is 4.38. The molecule has 1 unspecified atom stereocenters. The lowest BCUT2D eigenvalue weighted by molar-refractivity contribution is -0.127. The SMILES string of the molecule is O=C1C(CC[S+]([O-])c2ccccc2)C(=O)N(c2ccccc2)N1c1ccccc1.OCCN(CCO)c1nc(N2CCCCC2)c2nc(N(CCO)CCO)nc(N3CCCCC3)c2n1. The van der Waals surface area contributed by atoms with Crippen molar-refractivity contribution in [3.05, 3.63) is 91.0 Å². The van der Waals surface area contributed by atoms with E-state index in [1.165, 1.54) is 22.9 Å². The van der Waals surface area contributed by atoms with Crippen molar-refractivity contribution >= 4 is 68.9 Å². The van der Waals surface area contributed by atoms with Gasteiger partial charge in [-0.25, -0.2) is 20.0 Å². The number of aliphatic hydroxyl groups is 4. The molecule has 3 saturated heterocycles. The van der Waals surface area contributed by atoms with E-state index < -0.39 is 17.1 Å². The van der Waals surface area contributed by atoms with Crippen LogP contribution in [0, 0.1) is 5.92 Å². The van der Waals surface area contributed by atoms with Crippen LogP contribution in [0.2, 0.25) is 0 Å². The summed E-state index contributed by atoms with van der Waals surface area (Å²) in [6, 6.07) is 27.3. The minimum absolute atomic E-state index is 0.0772. The lowest BCUT2D eigenvalue weighted by atomic mass is 10.1. The number of piperidine rings is 2. The van der Waals surface area contributed by atoms with Gasteiger partial charge in [0.05, 0.1) is 37.8 Å². The number of aromatic nitrogens is 4. The summed E-state index contributed by atoms with van der Waals surface area (Å²) in [5.41, 5.74) is 2.56. The zero-order valence-corrected chi connectivity index (χ0v) is 37.6. The molecule has 2 aromatic heterocycles. The predicted octanol–water partition coefficient (Wildman–Crippen LogP) is 3.78. The van der Waals surface area contributed by atoms with Crippen LogP contribution in [-0.4, -0.2) is 141 Å². The number of carbonyl (C=O) groups is 2. The second-order valence-corrected chi connectivity index (χ2v) is 17.6. The van der Waals surface area contributed by atoms with E-state index in [1.807, 2.05) is 54.6 Å². The summed E-state index contributed by atoms with van der Waals surface area (Å²) in [4.78, 5) is 54.9. The lowest BCUT2D eigenvalue weighted by Gasteiger charge is -2.33. The van der Waals surface area contributed by atoms with Gasteiger partial charge in [-0.2, -0.15) is 9.97 Å². The van der Waals surface area contributed by atoms with Gasteiger partial charge in [0.15, 0.2) is 16.5 Å². The number of hydrogen-bond acceptors (Lipinski definition) is 15. The summed E-state index contributed by atoms with van der Waals surface area (Å²) < 4.78 is 12.6. The molecule has 0 radical (unpaired) electrons. The fourth-order valence-electron chi connectivity index (χ4n) is 8.39. The van der Waals surface area contributed by atoms with E-state index in [-0.39, 0.29) is 50.4 Å². The molecule has 4 N–H and O–H groups in total. The second kappa shape index (κ2) is 23.5. The van der Waals surface area contributed by atoms with Gasteiger partial charge < -0.3 is 44.6 Å². The molecular formula is C47H60N10O7S. The topological polar surface area (TPSA) is 209 Å². The highest BCUT2D eigenvalue weighted by Gasteiger charge is 2.47. The van der Waals surface area contributed by atoms with Crippen molar-refractivity contribution in [1.82, 2.24) is 19.9 Å². The maximum Gasteiger partial charge on any atom is 0.259 e. The Morgan fingerprint density at radius 2 is 0.908 bits per heavy atom. The van der Waals surface area contributed by atoms with E-state index >= 15 is 0 Å². The monoisotopic (exact) mass is 908 g/mol. The lowest BCUT2D eigenvalue weighted by Crippen LogP contribution is -2.41. The molecule has 18 heteroatoms. The van der Waals surface area contributed by atoms with Crippen molar-refractivity contribution < 1.29 is 34.6 Å². The van der Waals surface area contributed by atoms with Crippen molar-refractivity contribution in [2.45, 2.75) is 49.8 Å². The summed E-state index contributed by atoms with van der Waals surface area (Å²) in [6.07, 6.45) is 6.84. The number of anilines is 6. The van der Waals surface area contributed by atoms with Crippen molar-refractivity contribution in [3.8, 4) is 0 Å². The van der Waals surface area contributed by atoms with Crippen LogP contribution in [-0.2, 0) is 20.8 Å². The van der Waals surface area contributed by atoms with Crippen LogP contribution < -0.4 is 29.6 Å². The minimum Gasteiger partial charge on any atom is -0.611 e. The van der Waals surface area contributed by atoms with Gasteiger partial charge in [-0.15, -0.1) is 0 Å². The van der Waals surface area contributed by atoms with Crippen LogP contribution in [0.3, 0.4) is 0 Å². The maximum absolute atomic E-state index is 13.2. The van der Waals surface area contributed by atoms with E-state index in [4.69, 9.17) is 19.9 Å². The molecule has 3 aliphatic rings. The van der Waals surface area contributed by atoms with E-state index in [1.54, 1.807) is 46.2 Å². The largest absolute Gasteiger partial charge is 0.611 e. The third-order valence-electron chi connectivity index (χ3n) is 11.7. The molecule has 5 aromatic rings. The van der Waals surface area contributed by atoms with Gasteiger partial charge in [0.2, 0.25) is 11.9 Å². The number of hydrogen-bond donors (Lipinski definition) is 4. The standard InChI is InChI=1S/C24H40N8O4.C23H20N2O3S/c33-15-11-31(12-16-34)23-26-20-19(21(27-23)29-7-3-1-4-8-29)25-24(32(13-17-35)14-18-36)28-22(20)30-9-5-2-6-10-30;26-22-21(16-17-29(28)20-14-8-3-9-15-20)23(27)25(19-12-6-2-7-13-19)24(22)18-10-4-1-5-11-18/h33-36H,1-18H2;1-15,21H,16-17H2. The van der Waals surface area contributed by atoms with E-state index in [0.717, 1.165) is 63.5 Å². The van der Waals surface area contributed by atoms with E-state index in [2.05, 4.69) is 9.80 Å². The van der Waals surface area contributed by atoms with Gasteiger partial charge in [-0.3, -0.25) is 9.59 Å². The van der Waals surface area contributed by atoms with Crippen molar-refractivity contribution in [2.24, 2.45) is 5.92 Å². The van der Waals surface area contributed by atoms with Gasteiger partial charge >= 0.3 is 0 Å². The molecule has 0 spiro atoms. The zero-order chi connectivity index (χ0) is 45.5. The average molecular weight is 909 g/mol. The Kier molecular flexibility index (Phi) is 17.1. The maximum atomic E-state index is 13.2. The van der Waals surface area contributed by atoms with E-state index in [9.17, 15) is 34.6 Å². The molecule has 1 atom stereocenters. The number of benzene rings is 3. The number of aliphatic hydroxyl groups excluding tert-OH is 4. The highest BCUT2D eigenvalue weighted by atomic mass is 32.2. The summed E-state index contributed by atoms with van der Waals surface area (Å²) in [5.74, 6) is 1.15. The Morgan fingerprint density at radius 1 is 0.538 bits per heavy atom. The number of para-hydroxylation sites is 2.